The maximum absolute atomic E-state index is 12.4. The summed E-state index contributed by atoms with van der Waals surface area (Å²) in [5, 5.41) is 14.8. The highest BCUT2D eigenvalue weighted by molar-refractivity contribution is 5.92. The molecule has 0 fully saturated rings. The average molecular weight is 373 g/mol. The van der Waals surface area contributed by atoms with Crippen LogP contribution in [0, 0.1) is 11.3 Å². The fourth-order valence-corrected chi connectivity index (χ4v) is 2.58. The van der Waals surface area contributed by atoms with Gasteiger partial charge < -0.3 is 15.4 Å². The normalized spacial score (nSPS) is 10.0. The number of hydrogen-bond donors (Lipinski definition) is 2. The number of amides is 1. The molecule has 3 aromatic rings. The molecule has 7 nitrogen and oxygen atoms in total. The molecule has 1 aromatic heterocycles. The van der Waals surface area contributed by atoms with E-state index < -0.39 is 0 Å². The molecule has 2 N–H and O–H groups in total. The topological polar surface area (TPSA) is 99.9 Å². The van der Waals surface area contributed by atoms with E-state index in [0.717, 1.165) is 11.3 Å². The van der Waals surface area contributed by atoms with Crippen LogP contribution in [-0.2, 0) is 6.42 Å². The number of carbonyl (C=O) groups is 1. The molecule has 2 aromatic carbocycles. The van der Waals surface area contributed by atoms with E-state index in [1.807, 2.05) is 24.3 Å². The van der Waals surface area contributed by atoms with Crippen molar-refractivity contribution < 1.29 is 9.53 Å². The summed E-state index contributed by atoms with van der Waals surface area (Å²) in [7, 11) is 1.62. The zero-order valence-electron chi connectivity index (χ0n) is 15.3. The molecule has 7 heteroatoms. The average Bonchev–Trinajstić information content (AvgIpc) is 2.74. The standard InChI is InChI=1S/C21H19N5O2/c1-28-18-7-3-4-15(13-18)8-10-23-20(27)19-9-11-24-21(26-19)25-17-6-2-5-16(12-17)14-22/h2-7,9,11-13H,8,10H2,1H3,(H,23,27)(H,24,25,26). The summed E-state index contributed by atoms with van der Waals surface area (Å²) in [5.74, 6) is 0.797. The van der Waals surface area contributed by atoms with Gasteiger partial charge in [0.1, 0.15) is 11.4 Å². The molecule has 0 aliphatic carbocycles. The lowest BCUT2D eigenvalue weighted by molar-refractivity contribution is 0.0949. The molecule has 140 valence electrons. The first kappa shape index (κ1) is 18.9. The molecule has 28 heavy (non-hydrogen) atoms. The van der Waals surface area contributed by atoms with Crippen LogP contribution < -0.4 is 15.4 Å². The molecule has 0 unspecified atom stereocenters. The summed E-state index contributed by atoms with van der Waals surface area (Å²) in [6.07, 6.45) is 2.19. The summed E-state index contributed by atoms with van der Waals surface area (Å²) in [6.45, 7) is 0.475. The molecule has 1 heterocycles. The predicted molar refractivity (Wildman–Crippen MR) is 106 cm³/mol. The van der Waals surface area contributed by atoms with E-state index in [1.54, 1.807) is 37.4 Å². The van der Waals surface area contributed by atoms with Crippen LogP contribution >= 0.6 is 0 Å². The van der Waals surface area contributed by atoms with Gasteiger partial charge in [-0.05, 0) is 48.4 Å². The summed E-state index contributed by atoms with van der Waals surface area (Å²) in [6, 6.07) is 18.3. The molecule has 0 saturated carbocycles. The molecule has 0 atom stereocenters. The summed E-state index contributed by atoms with van der Waals surface area (Å²) >= 11 is 0. The number of nitrogens with zero attached hydrogens (tertiary/aromatic N) is 3. The van der Waals surface area contributed by atoms with Crippen molar-refractivity contribution in [2.24, 2.45) is 0 Å². The highest BCUT2D eigenvalue weighted by Crippen LogP contribution is 2.15. The van der Waals surface area contributed by atoms with Crippen molar-refractivity contribution in [3.05, 3.63) is 77.6 Å². The lowest BCUT2D eigenvalue weighted by Crippen LogP contribution is -2.26. The fraction of sp³-hybridized carbons (Fsp3) is 0.143. The first-order chi connectivity index (χ1) is 13.7. The van der Waals surface area contributed by atoms with Crippen molar-refractivity contribution in [2.75, 3.05) is 19.0 Å². The molecular weight excluding hydrogens is 354 g/mol. The second-order valence-electron chi connectivity index (χ2n) is 5.94. The van der Waals surface area contributed by atoms with E-state index in [1.165, 1.54) is 6.20 Å². The summed E-state index contributed by atoms with van der Waals surface area (Å²) in [4.78, 5) is 20.7. The van der Waals surface area contributed by atoms with Crippen molar-refractivity contribution in [2.45, 2.75) is 6.42 Å². The van der Waals surface area contributed by atoms with Crippen molar-refractivity contribution >= 4 is 17.5 Å². The number of aromatic nitrogens is 2. The molecule has 1 amide bonds. The number of benzene rings is 2. The Bertz CT molecular complexity index is 1010. The van der Waals surface area contributed by atoms with E-state index >= 15 is 0 Å². The van der Waals surface area contributed by atoms with Gasteiger partial charge in [-0.1, -0.05) is 18.2 Å². The van der Waals surface area contributed by atoms with Gasteiger partial charge in [-0.15, -0.1) is 0 Å². The Morgan fingerprint density at radius 3 is 2.86 bits per heavy atom. The Hall–Kier alpha value is -3.92. The van der Waals surface area contributed by atoms with Gasteiger partial charge >= 0.3 is 0 Å². The Morgan fingerprint density at radius 2 is 2.04 bits per heavy atom. The number of rotatable bonds is 7. The first-order valence-electron chi connectivity index (χ1n) is 8.69. The number of methoxy groups -OCH3 is 1. The third-order valence-electron chi connectivity index (χ3n) is 3.97. The van der Waals surface area contributed by atoms with Crippen molar-refractivity contribution in [1.82, 2.24) is 15.3 Å². The zero-order valence-corrected chi connectivity index (χ0v) is 15.3. The first-order valence-corrected chi connectivity index (χ1v) is 8.69. The number of anilines is 2. The van der Waals surface area contributed by atoms with Crippen LogP contribution in [0.5, 0.6) is 5.75 Å². The van der Waals surface area contributed by atoms with Crippen LogP contribution in [0.1, 0.15) is 21.6 Å². The van der Waals surface area contributed by atoms with Crippen LogP contribution in [-0.4, -0.2) is 29.5 Å². The van der Waals surface area contributed by atoms with Crippen molar-refractivity contribution in [1.29, 1.82) is 5.26 Å². The monoisotopic (exact) mass is 373 g/mol. The quantitative estimate of drug-likeness (QED) is 0.660. The van der Waals surface area contributed by atoms with Gasteiger partial charge in [0.15, 0.2) is 0 Å². The second kappa shape index (κ2) is 9.14. The molecule has 0 saturated heterocycles. The molecule has 3 rings (SSSR count). The van der Waals surface area contributed by atoms with Gasteiger partial charge in [0.25, 0.3) is 5.91 Å². The maximum Gasteiger partial charge on any atom is 0.270 e. The largest absolute Gasteiger partial charge is 0.497 e. The molecule has 0 aliphatic rings. The van der Waals surface area contributed by atoms with E-state index in [9.17, 15) is 4.79 Å². The van der Waals surface area contributed by atoms with Crippen molar-refractivity contribution in [3.63, 3.8) is 0 Å². The Morgan fingerprint density at radius 1 is 1.18 bits per heavy atom. The highest BCUT2D eigenvalue weighted by atomic mass is 16.5. The SMILES string of the molecule is COc1cccc(CCNC(=O)c2ccnc(Nc3cccc(C#N)c3)n2)c1. The van der Waals surface area contributed by atoms with Gasteiger partial charge in [0.2, 0.25) is 5.95 Å². The Kier molecular flexibility index (Phi) is 6.16. The lowest BCUT2D eigenvalue weighted by atomic mass is 10.1. The van der Waals surface area contributed by atoms with Crippen LogP contribution in [0.4, 0.5) is 11.6 Å². The smallest absolute Gasteiger partial charge is 0.270 e. The third-order valence-corrected chi connectivity index (χ3v) is 3.97. The van der Waals surface area contributed by atoms with Crippen LogP contribution in [0.15, 0.2) is 60.8 Å². The lowest BCUT2D eigenvalue weighted by Gasteiger charge is -2.08. The Labute approximate surface area is 163 Å². The minimum Gasteiger partial charge on any atom is -0.497 e. The van der Waals surface area contributed by atoms with Crippen LogP contribution in [0.2, 0.25) is 0 Å². The van der Waals surface area contributed by atoms with Gasteiger partial charge in [-0.2, -0.15) is 5.26 Å². The molecule has 0 spiro atoms. The number of ether oxygens (including phenoxy) is 1. The number of nitriles is 1. The van der Waals surface area contributed by atoms with E-state index in [4.69, 9.17) is 10.00 Å². The molecule has 0 aliphatic heterocycles. The van der Waals surface area contributed by atoms with Crippen LogP contribution in [0.3, 0.4) is 0 Å². The minimum absolute atomic E-state index is 0.264. The summed E-state index contributed by atoms with van der Waals surface area (Å²) < 4.78 is 5.20. The zero-order chi connectivity index (χ0) is 19.8. The van der Waals surface area contributed by atoms with E-state index in [0.29, 0.717) is 24.2 Å². The summed E-state index contributed by atoms with van der Waals surface area (Å²) in [5.41, 5.74) is 2.53. The fourth-order valence-electron chi connectivity index (χ4n) is 2.58. The molecular formula is C21H19N5O2. The number of nitrogens with one attached hydrogen (secondary N) is 2. The second-order valence-corrected chi connectivity index (χ2v) is 5.94. The predicted octanol–water partition coefficient (Wildman–Crippen LogP) is 3.07. The molecule has 0 bridgehead atoms. The van der Waals surface area contributed by atoms with E-state index in [-0.39, 0.29) is 17.5 Å². The van der Waals surface area contributed by atoms with Gasteiger partial charge in [0.05, 0.1) is 18.7 Å². The van der Waals surface area contributed by atoms with Gasteiger partial charge in [-0.25, -0.2) is 9.97 Å². The van der Waals surface area contributed by atoms with E-state index in [2.05, 4.69) is 26.7 Å². The number of hydrogen-bond acceptors (Lipinski definition) is 6. The minimum atomic E-state index is -0.279. The highest BCUT2D eigenvalue weighted by Gasteiger charge is 2.09. The maximum atomic E-state index is 12.4. The van der Waals surface area contributed by atoms with Crippen LogP contribution in [0.25, 0.3) is 0 Å². The third kappa shape index (κ3) is 5.05. The Balaban J connectivity index is 1.59. The molecule has 0 radical (unpaired) electrons. The van der Waals surface area contributed by atoms with Gasteiger partial charge in [0, 0.05) is 18.4 Å². The van der Waals surface area contributed by atoms with Crippen molar-refractivity contribution in [3.8, 4) is 11.8 Å². The van der Waals surface area contributed by atoms with Gasteiger partial charge in [-0.3, -0.25) is 4.79 Å². The number of carbonyl (C=O) groups excluding carboxylic acids is 1.